The van der Waals surface area contributed by atoms with E-state index in [1.54, 1.807) is 25.3 Å². The van der Waals surface area contributed by atoms with Gasteiger partial charge in [-0.05, 0) is 60.4 Å². The summed E-state index contributed by atoms with van der Waals surface area (Å²) in [5.74, 6) is 0.819. The number of rotatable bonds is 5. The number of hydrogen-bond donors (Lipinski definition) is 1. The second kappa shape index (κ2) is 8.82. The molecule has 1 aliphatic rings. The molecule has 2 aromatic heterocycles. The normalized spacial score (nSPS) is 13.0. The summed E-state index contributed by atoms with van der Waals surface area (Å²) >= 11 is 0. The van der Waals surface area contributed by atoms with Crippen LogP contribution in [-0.2, 0) is 19.5 Å². The highest BCUT2D eigenvalue weighted by atomic mass is 19.1. The Morgan fingerprint density at radius 1 is 1.06 bits per heavy atom. The zero-order valence-corrected chi connectivity index (χ0v) is 18.2. The lowest BCUT2D eigenvalue weighted by Crippen LogP contribution is -2.31. The van der Waals surface area contributed by atoms with Crippen LogP contribution in [0.5, 0.6) is 0 Å². The molecule has 0 saturated heterocycles. The van der Waals surface area contributed by atoms with Crippen molar-refractivity contribution in [3.8, 4) is 5.69 Å². The van der Waals surface area contributed by atoms with Crippen LogP contribution in [0.4, 0.5) is 10.2 Å². The summed E-state index contributed by atoms with van der Waals surface area (Å²) in [6.07, 6.45) is 2.79. The summed E-state index contributed by atoms with van der Waals surface area (Å²) in [6, 6.07) is 18.3. The molecular formula is C25H23FN6O. The maximum Gasteiger partial charge on any atom is 0.291 e. The van der Waals surface area contributed by atoms with Gasteiger partial charge >= 0.3 is 0 Å². The number of carbonyl (C=O) groups excluding carboxylic acids is 1. The molecule has 7 nitrogen and oxygen atoms in total. The maximum atomic E-state index is 13.2. The Morgan fingerprint density at radius 2 is 1.85 bits per heavy atom. The molecule has 1 N–H and O–H groups in total. The van der Waals surface area contributed by atoms with Gasteiger partial charge in [0, 0.05) is 25.8 Å². The van der Waals surface area contributed by atoms with Gasteiger partial charge in [-0.3, -0.25) is 4.79 Å². The highest BCUT2D eigenvalue weighted by molar-refractivity contribution is 5.90. The second-order valence-corrected chi connectivity index (χ2v) is 8.02. The Bertz CT molecular complexity index is 1280. The number of halogens is 1. The van der Waals surface area contributed by atoms with Gasteiger partial charge in [-0.1, -0.05) is 30.3 Å². The molecule has 3 heterocycles. The average molecular weight is 442 g/mol. The monoisotopic (exact) mass is 442 g/mol. The van der Waals surface area contributed by atoms with Gasteiger partial charge in [-0.25, -0.2) is 19.0 Å². The SMILES string of the molecule is Cc1nc(C(=O)NCc2ccc(N3CCc4ccccc4C3)nc2)nn1-c1ccc(F)cc1. The Kier molecular flexibility index (Phi) is 5.56. The predicted octanol–water partition coefficient (Wildman–Crippen LogP) is 3.60. The first-order valence-electron chi connectivity index (χ1n) is 10.8. The van der Waals surface area contributed by atoms with Crippen LogP contribution >= 0.6 is 0 Å². The standard InChI is InChI=1S/C25H23FN6O/c1-17-29-24(30-32(17)22-9-7-21(26)8-10-22)25(33)28-15-18-6-11-23(27-14-18)31-13-12-19-4-2-3-5-20(19)16-31/h2-11,14H,12-13,15-16H2,1H3,(H,28,33). The Labute approximate surface area is 190 Å². The van der Waals surface area contributed by atoms with Gasteiger partial charge in [-0.2, -0.15) is 0 Å². The number of aryl methyl sites for hydroxylation is 1. The van der Waals surface area contributed by atoms with E-state index < -0.39 is 0 Å². The fourth-order valence-corrected chi connectivity index (χ4v) is 3.97. The minimum Gasteiger partial charge on any atom is -0.352 e. The molecule has 0 radical (unpaired) electrons. The Hall–Kier alpha value is -4.07. The summed E-state index contributed by atoms with van der Waals surface area (Å²) in [5.41, 5.74) is 4.27. The van der Waals surface area contributed by atoms with Crippen LogP contribution in [0.15, 0.2) is 66.9 Å². The summed E-state index contributed by atoms with van der Waals surface area (Å²) in [6.45, 7) is 3.84. The molecule has 0 atom stereocenters. The van der Waals surface area contributed by atoms with Gasteiger partial charge in [0.25, 0.3) is 5.91 Å². The van der Waals surface area contributed by atoms with Crippen molar-refractivity contribution in [1.29, 1.82) is 0 Å². The van der Waals surface area contributed by atoms with E-state index in [0.29, 0.717) is 18.1 Å². The van der Waals surface area contributed by atoms with Gasteiger partial charge in [0.2, 0.25) is 5.82 Å². The molecule has 1 aliphatic heterocycles. The van der Waals surface area contributed by atoms with Crippen LogP contribution in [0.25, 0.3) is 5.69 Å². The van der Waals surface area contributed by atoms with E-state index in [4.69, 9.17) is 0 Å². The average Bonchev–Trinajstić information content (AvgIpc) is 3.24. The molecule has 2 aromatic carbocycles. The molecule has 0 aliphatic carbocycles. The number of hydrogen-bond acceptors (Lipinski definition) is 5. The predicted molar refractivity (Wildman–Crippen MR) is 123 cm³/mol. The molecule has 1 amide bonds. The van der Waals surface area contributed by atoms with Gasteiger partial charge in [0.1, 0.15) is 17.5 Å². The third-order valence-electron chi connectivity index (χ3n) is 5.76. The molecule has 4 aromatic rings. The number of anilines is 1. The van der Waals surface area contributed by atoms with E-state index in [2.05, 4.69) is 49.5 Å². The zero-order chi connectivity index (χ0) is 22.8. The number of pyridine rings is 1. The number of aromatic nitrogens is 4. The second-order valence-electron chi connectivity index (χ2n) is 8.02. The number of nitrogens with one attached hydrogen (secondary N) is 1. The van der Waals surface area contributed by atoms with E-state index in [9.17, 15) is 9.18 Å². The fraction of sp³-hybridized carbons (Fsp3) is 0.200. The molecule has 0 saturated carbocycles. The first kappa shape index (κ1) is 20.8. The lowest BCUT2D eigenvalue weighted by atomic mass is 10.00. The third kappa shape index (κ3) is 4.45. The molecule has 8 heteroatoms. The van der Waals surface area contributed by atoms with Crippen LogP contribution in [0.1, 0.15) is 33.1 Å². The van der Waals surface area contributed by atoms with Crippen LogP contribution < -0.4 is 10.2 Å². The third-order valence-corrected chi connectivity index (χ3v) is 5.76. The van der Waals surface area contributed by atoms with Crippen molar-refractivity contribution in [3.05, 3.63) is 101 Å². The van der Waals surface area contributed by atoms with E-state index in [-0.39, 0.29) is 17.5 Å². The van der Waals surface area contributed by atoms with Crippen molar-refractivity contribution in [3.63, 3.8) is 0 Å². The molecule has 33 heavy (non-hydrogen) atoms. The van der Waals surface area contributed by atoms with Crippen LogP contribution in [0.3, 0.4) is 0 Å². The summed E-state index contributed by atoms with van der Waals surface area (Å²) in [5, 5.41) is 7.10. The molecule has 166 valence electrons. The Morgan fingerprint density at radius 3 is 2.61 bits per heavy atom. The van der Waals surface area contributed by atoms with E-state index in [1.165, 1.54) is 27.9 Å². The molecular weight excluding hydrogens is 419 g/mol. The van der Waals surface area contributed by atoms with Crippen molar-refractivity contribution in [2.24, 2.45) is 0 Å². The van der Waals surface area contributed by atoms with Gasteiger partial charge in [0.15, 0.2) is 0 Å². The lowest BCUT2D eigenvalue weighted by molar-refractivity contribution is 0.0940. The Balaban J connectivity index is 1.21. The van der Waals surface area contributed by atoms with E-state index >= 15 is 0 Å². The number of amides is 1. The number of nitrogens with zero attached hydrogens (tertiary/aromatic N) is 5. The van der Waals surface area contributed by atoms with Crippen LogP contribution in [-0.4, -0.2) is 32.2 Å². The molecule has 0 unspecified atom stereocenters. The van der Waals surface area contributed by atoms with Crippen molar-refractivity contribution in [2.45, 2.75) is 26.4 Å². The molecule has 5 rings (SSSR count). The topological polar surface area (TPSA) is 75.9 Å². The van der Waals surface area contributed by atoms with E-state index in [1.807, 2.05) is 12.1 Å². The highest BCUT2D eigenvalue weighted by Crippen LogP contribution is 2.23. The highest BCUT2D eigenvalue weighted by Gasteiger charge is 2.18. The largest absolute Gasteiger partial charge is 0.352 e. The maximum absolute atomic E-state index is 13.2. The van der Waals surface area contributed by atoms with Gasteiger partial charge in [-0.15, -0.1) is 5.10 Å². The molecule has 0 bridgehead atoms. The number of carbonyl (C=O) groups is 1. The minimum atomic E-state index is -0.379. The van der Waals surface area contributed by atoms with E-state index in [0.717, 1.165) is 30.9 Å². The van der Waals surface area contributed by atoms with Crippen molar-refractivity contribution >= 4 is 11.7 Å². The quantitative estimate of drug-likeness (QED) is 0.511. The summed E-state index contributed by atoms with van der Waals surface area (Å²) in [4.78, 5) is 23.7. The van der Waals surface area contributed by atoms with Crippen molar-refractivity contribution < 1.29 is 9.18 Å². The van der Waals surface area contributed by atoms with Gasteiger partial charge < -0.3 is 10.2 Å². The summed E-state index contributed by atoms with van der Waals surface area (Å²) in [7, 11) is 0. The minimum absolute atomic E-state index is 0.0633. The van der Waals surface area contributed by atoms with Crippen molar-refractivity contribution in [1.82, 2.24) is 25.1 Å². The first-order chi connectivity index (χ1) is 16.1. The molecule has 0 spiro atoms. The summed E-state index contributed by atoms with van der Waals surface area (Å²) < 4.78 is 14.7. The fourth-order valence-electron chi connectivity index (χ4n) is 3.97. The first-order valence-corrected chi connectivity index (χ1v) is 10.8. The van der Waals surface area contributed by atoms with Crippen LogP contribution in [0, 0.1) is 12.7 Å². The van der Waals surface area contributed by atoms with Crippen LogP contribution in [0.2, 0.25) is 0 Å². The number of fused-ring (bicyclic) bond motifs is 1. The van der Waals surface area contributed by atoms with Gasteiger partial charge in [0.05, 0.1) is 5.69 Å². The smallest absolute Gasteiger partial charge is 0.291 e. The lowest BCUT2D eigenvalue weighted by Gasteiger charge is -2.29. The zero-order valence-electron chi connectivity index (χ0n) is 18.2. The van der Waals surface area contributed by atoms with Crippen molar-refractivity contribution in [2.75, 3.05) is 11.4 Å². The number of benzene rings is 2. The molecule has 0 fully saturated rings.